The first-order valence-electron chi connectivity index (χ1n) is 11.9. The number of hydrogen-bond acceptors (Lipinski definition) is 8. The maximum Gasteiger partial charge on any atom is 0.168 e. The Labute approximate surface area is 230 Å². The van der Waals surface area contributed by atoms with Crippen molar-refractivity contribution in [3.63, 3.8) is 0 Å². The maximum absolute atomic E-state index is 8.00. The first-order valence-corrected chi connectivity index (χ1v) is 12.7. The van der Waals surface area contributed by atoms with E-state index < -0.39 is 0 Å². The van der Waals surface area contributed by atoms with E-state index in [1.165, 1.54) is 6.20 Å². The summed E-state index contributed by atoms with van der Waals surface area (Å²) in [6.45, 7) is 9.85. The number of hydrogen-bond donors (Lipinski definition) is 3. The van der Waals surface area contributed by atoms with E-state index in [4.69, 9.17) is 48.2 Å². The van der Waals surface area contributed by atoms with Gasteiger partial charge in [0.15, 0.2) is 11.6 Å². The van der Waals surface area contributed by atoms with E-state index >= 15 is 0 Å². The summed E-state index contributed by atoms with van der Waals surface area (Å²) in [4.78, 5) is 17.3. The number of allylic oxidation sites excluding steroid dienone is 1. The minimum absolute atomic E-state index is 0.0994. The summed E-state index contributed by atoms with van der Waals surface area (Å²) in [5.41, 5.74) is 8.03. The summed E-state index contributed by atoms with van der Waals surface area (Å²) in [7, 11) is 3.72. The second kappa shape index (κ2) is 17.0. The van der Waals surface area contributed by atoms with Crippen LogP contribution in [0.5, 0.6) is 5.75 Å². The van der Waals surface area contributed by atoms with E-state index in [1.807, 2.05) is 19.9 Å². The molecule has 1 unspecified atom stereocenters. The molecule has 2 rings (SSSR count). The summed E-state index contributed by atoms with van der Waals surface area (Å²) in [5.74, 6) is 1.15. The first-order chi connectivity index (χ1) is 17.7. The van der Waals surface area contributed by atoms with E-state index in [1.54, 1.807) is 37.7 Å². The van der Waals surface area contributed by atoms with Gasteiger partial charge in [-0.3, -0.25) is 4.99 Å². The van der Waals surface area contributed by atoms with Gasteiger partial charge in [0.05, 0.1) is 11.6 Å². The van der Waals surface area contributed by atoms with Gasteiger partial charge in [-0.2, -0.15) is 0 Å². The normalized spacial score (nSPS) is 12.7. The van der Waals surface area contributed by atoms with Gasteiger partial charge in [0.2, 0.25) is 0 Å². The first kappa shape index (κ1) is 32.4. The summed E-state index contributed by atoms with van der Waals surface area (Å²) >= 11 is 12.6. The third kappa shape index (κ3) is 11.5. The van der Waals surface area contributed by atoms with Crippen molar-refractivity contribution in [3.8, 4) is 5.75 Å². The second-order valence-electron chi connectivity index (χ2n) is 9.01. The molecule has 0 saturated carbocycles. The van der Waals surface area contributed by atoms with Crippen LogP contribution < -0.4 is 21.1 Å². The number of carbonyl (C=O) groups excluding carboxylic acids is 1. The van der Waals surface area contributed by atoms with E-state index in [0.29, 0.717) is 33.8 Å². The topological polar surface area (TPSA) is 111 Å². The molecule has 0 amide bonds. The standard InChI is InChI=1S/C26H37Cl2N5O2.CH2O/c1-26(2,3)35-12-10-20(9-11-30-4)32-16-19(14-29)18-13-24(25(31-5)33-15-18)34-17-21-22(27)7-6-8-23(21)28;1-2/h6-8,13-16,20,30H,9-12,17,29H2,1-5H3,(H,31,33);1H2/b19-14+,32-16?;. The highest BCUT2D eigenvalue weighted by Gasteiger charge is 2.14. The number of nitrogens with zero attached hydrogens (tertiary/aromatic N) is 2. The molecule has 0 aliphatic rings. The quantitative estimate of drug-likeness (QED) is 0.286. The van der Waals surface area contributed by atoms with Crippen LogP contribution in [-0.4, -0.2) is 56.9 Å². The smallest absolute Gasteiger partial charge is 0.168 e. The van der Waals surface area contributed by atoms with Crippen LogP contribution in [0.15, 0.2) is 41.7 Å². The Bertz CT molecular complexity index is 1010. The monoisotopic (exact) mass is 551 g/mol. The highest BCUT2D eigenvalue weighted by Crippen LogP contribution is 2.30. The number of nitrogens with two attached hydrogens (primary N) is 1. The van der Waals surface area contributed by atoms with Crippen molar-refractivity contribution < 1.29 is 14.3 Å². The Balaban J connectivity index is 0.00000334. The van der Waals surface area contributed by atoms with Crippen LogP contribution in [0.25, 0.3) is 5.57 Å². The number of nitrogens with one attached hydrogen (secondary N) is 2. The molecule has 8 nitrogen and oxygen atoms in total. The van der Waals surface area contributed by atoms with Gasteiger partial charge in [0, 0.05) is 59.0 Å². The van der Waals surface area contributed by atoms with Gasteiger partial charge < -0.3 is 30.6 Å². The Morgan fingerprint density at radius 3 is 2.46 bits per heavy atom. The SMILES string of the molecule is C=O.CNCCC(CCOC(C)(C)C)N=C/C(=C\N)c1cnc(NC)c(OCc2c(Cl)cccc2Cl)c1. The molecule has 0 aliphatic heterocycles. The highest BCUT2D eigenvalue weighted by molar-refractivity contribution is 6.35. The lowest BCUT2D eigenvalue weighted by Gasteiger charge is -2.21. The van der Waals surface area contributed by atoms with Gasteiger partial charge in [-0.05, 0) is 65.4 Å². The van der Waals surface area contributed by atoms with Crippen molar-refractivity contribution in [3.05, 3.63) is 57.8 Å². The second-order valence-corrected chi connectivity index (χ2v) is 9.82. The van der Waals surface area contributed by atoms with Crippen molar-refractivity contribution in [2.45, 2.75) is 51.9 Å². The van der Waals surface area contributed by atoms with Crippen LogP contribution in [0.4, 0.5) is 5.82 Å². The van der Waals surface area contributed by atoms with Crippen molar-refractivity contribution in [2.75, 3.05) is 32.6 Å². The van der Waals surface area contributed by atoms with Crippen molar-refractivity contribution in [1.29, 1.82) is 0 Å². The molecular formula is C27H39Cl2N5O3. The molecule has 204 valence electrons. The summed E-state index contributed by atoms with van der Waals surface area (Å²) < 4.78 is 11.9. The average molecular weight is 553 g/mol. The van der Waals surface area contributed by atoms with E-state index in [2.05, 4.69) is 36.4 Å². The Kier molecular flexibility index (Phi) is 14.9. The zero-order valence-corrected chi connectivity index (χ0v) is 23.8. The Hall–Kier alpha value is -2.65. The number of aromatic nitrogens is 1. The molecule has 0 bridgehead atoms. The molecule has 0 fully saturated rings. The lowest BCUT2D eigenvalue weighted by atomic mass is 10.1. The maximum atomic E-state index is 8.00. The van der Waals surface area contributed by atoms with Crippen molar-refractivity contribution in [1.82, 2.24) is 10.3 Å². The molecule has 0 saturated heterocycles. The zero-order valence-electron chi connectivity index (χ0n) is 22.3. The van der Waals surface area contributed by atoms with Crippen LogP contribution in [-0.2, 0) is 16.1 Å². The number of benzene rings is 1. The molecule has 10 heteroatoms. The third-order valence-electron chi connectivity index (χ3n) is 5.17. The average Bonchev–Trinajstić information content (AvgIpc) is 2.87. The lowest BCUT2D eigenvalue weighted by Crippen LogP contribution is -2.23. The van der Waals surface area contributed by atoms with Gasteiger partial charge in [-0.1, -0.05) is 29.3 Å². The third-order valence-corrected chi connectivity index (χ3v) is 5.88. The van der Waals surface area contributed by atoms with Crippen LogP contribution in [0.1, 0.15) is 44.7 Å². The van der Waals surface area contributed by atoms with Gasteiger partial charge >= 0.3 is 0 Å². The molecule has 4 N–H and O–H groups in total. The number of aliphatic imine (C=N–C) groups is 1. The van der Waals surface area contributed by atoms with Gasteiger partial charge in [-0.25, -0.2) is 4.98 Å². The van der Waals surface area contributed by atoms with Gasteiger partial charge in [0.1, 0.15) is 13.4 Å². The van der Waals surface area contributed by atoms with Crippen LogP contribution in [0.2, 0.25) is 10.0 Å². The minimum Gasteiger partial charge on any atom is -0.485 e. The number of rotatable bonds is 13. The molecule has 0 aliphatic carbocycles. The molecule has 1 aromatic heterocycles. The Morgan fingerprint density at radius 2 is 1.89 bits per heavy atom. The summed E-state index contributed by atoms with van der Waals surface area (Å²) in [6.07, 6.45) is 6.76. The zero-order chi connectivity index (χ0) is 27.8. The fraction of sp³-hybridized carbons (Fsp3) is 0.444. The van der Waals surface area contributed by atoms with E-state index in [0.717, 1.165) is 30.5 Å². The predicted octanol–water partition coefficient (Wildman–Crippen LogP) is 5.38. The molecule has 1 heterocycles. The largest absolute Gasteiger partial charge is 0.485 e. The van der Waals surface area contributed by atoms with Crippen molar-refractivity contribution >= 4 is 47.6 Å². The number of carbonyl (C=O) groups is 1. The summed E-state index contributed by atoms with van der Waals surface area (Å²) in [6, 6.07) is 7.33. The molecule has 37 heavy (non-hydrogen) atoms. The lowest BCUT2D eigenvalue weighted by molar-refractivity contribution is -0.0980. The van der Waals surface area contributed by atoms with Crippen LogP contribution >= 0.6 is 23.2 Å². The van der Waals surface area contributed by atoms with E-state index in [9.17, 15) is 0 Å². The van der Waals surface area contributed by atoms with E-state index in [-0.39, 0.29) is 18.2 Å². The predicted molar refractivity (Wildman–Crippen MR) is 155 cm³/mol. The van der Waals surface area contributed by atoms with Gasteiger partial charge in [0.25, 0.3) is 0 Å². The number of anilines is 1. The summed E-state index contributed by atoms with van der Waals surface area (Å²) in [5, 5.41) is 7.33. The van der Waals surface area contributed by atoms with Gasteiger partial charge in [-0.15, -0.1) is 0 Å². The fourth-order valence-corrected chi connectivity index (χ4v) is 3.73. The minimum atomic E-state index is -0.176. The number of ether oxygens (including phenoxy) is 2. The molecule has 2 aromatic rings. The highest BCUT2D eigenvalue weighted by atomic mass is 35.5. The molecule has 0 spiro atoms. The van der Waals surface area contributed by atoms with Crippen LogP contribution in [0.3, 0.4) is 0 Å². The number of halogens is 2. The molecule has 1 atom stereocenters. The fourth-order valence-electron chi connectivity index (χ4n) is 3.23. The Morgan fingerprint density at radius 1 is 1.22 bits per heavy atom. The van der Waals surface area contributed by atoms with Crippen LogP contribution in [0, 0.1) is 0 Å². The van der Waals surface area contributed by atoms with Crippen molar-refractivity contribution in [2.24, 2.45) is 10.7 Å². The molecular weight excluding hydrogens is 513 g/mol. The number of pyridine rings is 1. The molecule has 1 aromatic carbocycles. The molecule has 0 radical (unpaired) electrons.